The van der Waals surface area contributed by atoms with E-state index in [-0.39, 0.29) is 11.5 Å². The second-order valence-electron chi connectivity index (χ2n) is 6.15. The zero-order valence-electron chi connectivity index (χ0n) is 12.3. The lowest BCUT2D eigenvalue weighted by Gasteiger charge is -2.46. The molecule has 1 aromatic carbocycles. The summed E-state index contributed by atoms with van der Waals surface area (Å²) < 4.78 is 13.9. The Kier molecular flexibility index (Phi) is 4.22. The molecule has 2 aliphatic rings. The molecule has 2 aliphatic heterocycles. The van der Waals surface area contributed by atoms with Crippen molar-refractivity contribution in [2.45, 2.75) is 30.2 Å². The molecule has 1 aromatic rings. The number of amides is 1. The Morgan fingerprint density at radius 1 is 1.33 bits per heavy atom. The van der Waals surface area contributed by atoms with Crippen molar-refractivity contribution in [1.82, 2.24) is 9.80 Å². The Bertz CT molecular complexity index is 551. The van der Waals surface area contributed by atoms with Gasteiger partial charge in [0.15, 0.2) is 0 Å². The molecule has 0 radical (unpaired) electrons. The van der Waals surface area contributed by atoms with Gasteiger partial charge in [0.2, 0.25) is 0 Å². The number of nitrogens with zero attached hydrogens (tertiary/aromatic N) is 2. The molecule has 3 rings (SSSR count). The quantitative estimate of drug-likeness (QED) is 0.806. The summed E-state index contributed by atoms with van der Waals surface area (Å²) in [5, 5.41) is 0. The van der Waals surface area contributed by atoms with Crippen molar-refractivity contribution in [2.75, 3.05) is 26.7 Å². The first-order chi connectivity index (χ1) is 10.1. The fraction of sp³-hybridized carbons (Fsp3) is 0.562. The smallest absolute Gasteiger partial charge is 0.256 e. The van der Waals surface area contributed by atoms with E-state index in [4.69, 9.17) is 0 Å². The summed E-state index contributed by atoms with van der Waals surface area (Å²) in [7, 11) is 2.17. The van der Waals surface area contributed by atoms with Crippen molar-refractivity contribution in [3.05, 3.63) is 29.6 Å². The summed E-state index contributed by atoms with van der Waals surface area (Å²) >= 11 is 4.20. The van der Waals surface area contributed by atoms with Gasteiger partial charge < -0.3 is 9.80 Å². The number of hydrogen-bond acceptors (Lipinski definition) is 3. The van der Waals surface area contributed by atoms with Crippen LogP contribution in [0.2, 0.25) is 0 Å². The molecule has 0 saturated carbocycles. The van der Waals surface area contributed by atoms with E-state index in [0.717, 1.165) is 25.9 Å². The van der Waals surface area contributed by atoms with Crippen LogP contribution in [-0.4, -0.2) is 48.4 Å². The fourth-order valence-electron chi connectivity index (χ4n) is 3.68. The summed E-state index contributed by atoms with van der Waals surface area (Å²) in [6, 6.07) is 4.98. The third-order valence-corrected chi connectivity index (χ3v) is 5.09. The molecule has 2 heterocycles. The molecule has 5 heteroatoms. The summed E-state index contributed by atoms with van der Waals surface area (Å²) in [4.78, 5) is 17.4. The second kappa shape index (κ2) is 5.97. The number of benzene rings is 1. The Labute approximate surface area is 130 Å². The van der Waals surface area contributed by atoms with E-state index in [1.54, 1.807) is 6.07 Å². The van der Waals surface area contributed by atoms with Crippen molar-refractivity contribution in [3.63, 3.8) is 0 Å². The van der Waals surface area contributed by atoms with Gasteiger partial charge in [-0.1, -0.05) is 0 Å². The van der Waals surface area contributed by atoms with Gasteiger partial charge in [-0.05, 0) is 57.0 Å². The van der Waals surface area contributed by atoms with E-state index in [9.17, 15) is 9.18 Å². The number of fused-ring (bicyclic) bond motifs is 1. The standard InChI is InChI=1S/C16H21FN2OS/c1-18-7-2-3-11-10-19(8-6-15(11)18)16(20)13-9-12(21)4-5-14(13)17/h4-5,9,11,15,21H,2-3,6-8,10H2,1H3. The highest BCUT2D eigenvalue weighted by Gasteiger charge is 2.36. The van der Waals surface area contributed by atoms with E-state index in [2.05, 4.69) is 24.6 Å². The number of likely N-dealkylation sites (tertiary alicyclic amines) is 2. The second-order valence-corrected chi connectivity index (χ2v) is 6.67. The lowest BCUT2D eigenvalue weighted by atomic mass is 9.84. The number of halogens is 1. The minimum absolute atomic E-state index is 0.144. The molecule has 2 saturated heterocycles. The highest BCUT2D eigenvalue weighted by Crippen LogP contribution is 2.30. The zero-order valence-corrected chi connectivity index (χ0v) is 13.2. The first kappa shape index (κ1) is 14.9. The molecule has 2 atom stereocenters. The van der Waals surface area contributed by atoms with Crippen LogP contribution in [0, 0.1) is 11.7 Å². The highest BCUT2D eigenvalue weighted by atomic mass is 32.1. The van der Waals surface area contributed by atoms with Crippen LogP contribution in [0.5, 0.6) is 0 Å². The van der Waals surface area contributed by atoms with Gasteiger partial charge in [0.1, 0.15) is 5.82 Å². The lowest BCUT2D eigenvalue weighted by Crippen LogP contribution is -2.54. The molecular weight excluding hydrogens is 287 g/mol. The Morgan fingerprint density at radius 3 is 2.95 bits per heavy atom. The number of rotatable bonds is 1. The van der Waals surface area contributed by atoms with Crippen LogP contribution in [0.4, 0.5) is 4.39 Å². The molecule has 0 spiro atoms. The molecule has 21 heavy (non-hydrogen) atoms. The minimum Gasteiger partial charge on any atom is -0.338 e. The van der Waals surface area contributed by atoms with E-state index in [0.29, 0.717) is 23.4 Å². The molecule has 2 unspecified atom stereocenters. The van der Waals surface area contributed by atoms with Crippen molar-refractivity contribution < 1.29 is 9.18 Å². The first-order valence-corrected chi connectivity index (χ1v) is 7.99. The molecule has 0 N–H and O–H groups in total. The average molecular weight is 308 g/mol. The van der Waals surface area contributed by atoms with Crippen LogP contribution >= 0.6 is 12.6 Å². The lowest BCUT2D eigenvalue weighted by molar-refractivity contribution is 0.0314. The summed E-state index contributed by atoms with van der Waals surface area (Å²) in [6.07, 6.45) is 3.32. The van der Waals surface area contributed by atoms with Crippen LogP contribution < -0.4 is 0 Å². The maximum Gasteiger partial charge on any atom is 0.256 e. The van der Waals surface area contributed by atoms with Gasteiger partial charge in [-0.25, -0.2) is 4.39 Å². The van der Waals surface area contributed by atoms with E-state index in [1.807, 2.05) is 4.90 Å². The van der Waals surface area contributed by atoms with Crippen LogP contribution in [0.1, 0.15) is 29.6 Å². The zero-order chi connectivity index (χ0) is 15.0. The summed E-state index contributed by atoms with van der Waals surface area (Å²) in [6.45, 7) is 2.59. The molecule has 0 bridgehead atoms. The van der Waals surface area contributed by atoms with Gasteiger partial charge in [0, 0.05) is 24.0 Å². The summed E-state index contributed by atoms with van der Waals surface area (Å²) in [5.41, 5.74) is 0.144. The molecule has 0 aromatic heterocycles. The van der Waals surface area contributed by atoms with Crippen LogP contribution in [0.3, 0.4) is 0 Å². The normalized spacial score (nSPS) is 26.5. The minimum atomic E-state index is -0.458. The van der Waals surface area contributed by atoms with Crippen molar-refractivity contribution in [3.8, 4) is 0 Å². The Hall–Kier alpha value is -1.07. The third kappa shape index (κ3) is 2.94. The number of piperidine rings is 2. The fourth-order valence-corrected chi connectivity index (χ4v) is 3.89. The Balaban J connectivity index is 1.76. The molecule has 3 nitrogen and oxygen atoms in total. The predicted molar refractivity (Wildman–Crippen MR) is 83.3 cm³/mol. The van der Waals surface area contributed by atoms with Crippen molar-refractivity contribution in [2.24, 2.45) is 5.92 Å². The van der Waals surface area contributed by atoms with Gasteiger partial charge in [-0.15, -0.1) is 12.6 Å². The maximum absolute atomic E-state index is 13.9. The number of hydrogen-bond donors (Lipinski definition) is 1. The molecule has 0 aliphatic carbocycles. The largest absolute Gasteiger partial charge is 0.338 e. The van der Waals surface area contributed by atoms with Gasteiger partial charge in [-0.3, -0.25) is 4.79 Å². The van der Waals surface area contributed by atoms with Crippen molar-refractivity contribution in [1.29, 1.82) is 0 Å². The van der Waals surface area contributed by atoms with Crippen LogP contribution in [-0.2, 0) is 0 Å². The van der Waals surface area contributed by atoms with Crippen LogP contribution in [0.15, 0.2) is 23.1 Å². The highest BCUT2D eigenvalue weighted by molar-refractivity contribution is 7.80. The van der Waals surface area contributed by atoms with Crippen molar-refractivity contribution >= 4 is 18.5 Å². The van der Waals surface area contributed by atoms with E-state index in [1.165, 1.54) is 18.6 Å². The molecular formula is C16H21FN2OS. The molecule has 2 fully saturated rings. The average Bonchev–Trinajstić information content (AvgIpc) is 2.49. The monoisotopic (exact) mass is 308 g/mol. The SMILES string of the molecule is CN1CCCC2CN(C(=O)c3cc(S)ccc3F)CCC21. The van der Waals surface area contributed by atoms with E-state index < -0.39 is 5.82 Å². The van der Waals surface area contributed by atoms with Crippen LogP contribution in [0.25, 0.3) is 0 Å². The maximum atomic E-state index is 13.9. The van der Waals surface area contributed by atoms with Gasteiger partial charge in [0.25, 0.3) is 5.91 Å². The molecule has 1 amide bonds. The van der Waals surface area contributed by atoms with E-state index >= 15 is 0 Å². The third-order valence-electron chi connectivity index (χ3n) is 4.81. The number of carbonyl (C=O) groups excluding carboxylic acids is 1. The summed E-state index contributed by atoms with van der Waals surface area (Å²) in [5.74, 6) is -0.139. The predicted octanol–water partition coefficient (Wildman–Crippen LogP) is 2.67. The Morgan fingerprint density at radius 2 is 2.14 bits per heavy atom. The topological polar surface area (TPSA) is 23.6 Å². The first-order valence-electron chi connectivity index (χ1n) is 7.54. The number of carbonyl (C=O) groups is 1. The molecule has 114 valence electrons. The van der Waals surface area contributed by atoms with Gasteiger partial charge in [0.05, 0.1) is 5.56 Å². The van der Waals surface area contributed by atoms with Gasteiger partial charge >= 0.3 is 0 Å². The number of thiol groups is 1. The van der Waals surface area contributed by atoms with Gasteiger partial charge in [-0.2, -0.15) is 0 Å².